The van der Waals surface area contributed by atoms with Crippen molar-refractivity contribution in [3.63, 3.8) is 0 Å². The van der Waals surface area contributed by atoms with Crippen molar-refractivity contribution in [2.24, 2.45) is 0 Å². The van der Waals surface area contributed by atoms with Gasteiger partial charge in [-0.3, -0.25) is 9.69 Å². The Morgan fingerprint density at radius 2 is 2.19 bits per heavy atom. The van der Waals surface area contributed by atoms with Gasteiger partial charge in [-0.15, -0.1) is 0 Å². The summed E-state index contributed by atoms with van der Waals surface area (Å²) in [5, 5.41) is 0. The van der Waals surface area contributed by atoms with Crippen LogP contribution in [0.25, 0.3) is 0 Å². The van der Waals surface area contributed by atoms with Gasteiger partial charge in [-0.1, -0.05) is 0 Å². The predicted octanol–water partition coefficient (Wildman–Crippen LogP) is 1.44. The van der Waals surface area contributed by atoms with Gasteiger partial charge >= 0.3 is 5.97 Å². The van der Waals surface area contributed by atoms with E-state index in [1.807, 2.05) is 34.6 Å². The number of morpholine rings is 1. The maximum absolute atomic E-state index is 11.5. The summed E-state index contributed by atoms with van der Waals surface area (Å²) in [6, 6.07) is 0. The molecular weight excluding hydrogens is 206 g/mol. The van der Waals surface area contributed by atoms with E-state index in [9.17, 15) is 4.79 Å². The lowest BCUT2D eigenvalue weighted by Crippen LogP contribution is -2.53. The molecule has 1 saturated heterocycles. The van der Waals surface area contributed by atoms with Crippen molar-refractivity contribution in [3.05, 3.63) is 0 Å². The molecule has 1 heterocycles. The first-order valence-corrected chi connectivity index (χ1v) is 5.88. The smallest absolute Gasteiger partial charge is 0.320 e. The standard InChI is InChI=1S/C12H23NO3/c1-9(2)15-11(14)7-13-6-10(3)16-12(4,5)8-13/h9-10H,6-8H2,1-5H3. The number of esters is 1. The van der Waals surface area contributed by atoms with Crippen molar-refractivity contribution in [1.82, 2.24) is 4.90 Å². The van der Waals surface area contributed by atoms with Crippen molar-refractivity contribution in [3.8, 4) is 0 Å². The van der Waals surface area contributed by atoms with E-state index in [-0.39, 0.29) is 23.8 Å². The third kappa shape index (κ3) is 4.49. The van der Waals surface area contributed by atoms with Gasteiger partial charge in [0.25, 0.3) is 0 Å². The normalized spacial score (nSPS) is 25.8. The van der Waals surface area contributed by atoms with Gasteiger partial charge in [0.15, 0.2) is 0 Å². The van der Waals surface area contributed by atoms with Gasteiger partial charge in [-0.05, 0) is 34.6 Å². The fourth-order valence-electron chi connectivity index (χ4n) is 2.19. The zero-order chi connectivity index (χ0) is 12.3. The minimum Gasteiger partial charge on any atom is -0.462 e. The van der Waals surface area contributed by atoms with Crippen LogP contribution < -0.4 is 0 Å². The van der Waals surface area contributed by atoms with E-state index < -0.39 is 0 Å². The summed E-state index contributed by atoms with van der Waals surface area (Å²) in [5.74, 6) is -0.153. The number of carbonyl (C=O) groups excluding carboxylic acids is 1. The van der Waals surface area contributed by atoms with Crippen LogP contribution in [-0.4, -0.2) is 48.3 Å². The summed E-state index contributed by atoms with van der Waals surface area (Å²) < 4.78 is 10.9. The lowest BCUT2D eigenvalue weighted by Gasteiger charge is -2.41. The van der Waals surface area contributed by atoms with Gasteiger partial charge in [0.2, 0.25) is 0 Å². The fourth-order valence-corrected chi connectivity index (χ4v) is 2.19. The molecule has 0 amide bonds. The molecule has 0 aromatic rings. The first-order valence-electron chi connectivity index (χ1n) is 5.88. The van der Waals surface area contributed by atoms with E-state index >= 15 is 0 Å². The fraction of sp³-hybridized carbons (Fsp3) is 0.917. The number of hydrogen-bond acceptors (Lipinski definition) is 4. The Morgan fingerprint density at radius 1 is 1.56 bits per heavy atom. The second kappa shape index (κ2) is 5.15. The number of rotatable bonds is 3. The molecule has 0 N–H and O–H groups in total. The molecule has 1 atom stereocenters. The zero-order valence-electron chi connectivity index (χ0n) is 10.9. The average molecular weight is 229 g/mol. The molecule has 0 aromatic carbocycles. The van der Waals surface area contributed by atoms with Gasteiger partial charge < -0.3 is 9.47 Å². The summed E-state index contributed by atoms with van der Waals surface area (Å²) in [6.45, 7) is 11.8. The molecule has 0 aromatic heterocycles. The maximum atomic E-state index is 11.5. The molecule has 0 bridgehead atoms. The molecule has 16 heavy (non-hydrogen) atoms. The second-order valence-electron chi connectivity index (χ2n) is 5.40. The van der Waals surface area contributed by atoms with E-state index in [1.54, 1.807) is 0 Å². The molecular formula is C12H23NO3. The molecule has 0 saturated carbocycles. The highest BCUT2D eigenvalue weighted by molar-refractivity contribution is 5.71. The van der Waals surface area contributed by atoms with Crippen molar-refractivity contribution < 1.29 is 14.3 Å². The van der Waals surface area contributed by atoms with Crippen LogP contribution in [0.4, 0.5) is 0 Å². The Balaban J connectivity index is 2.45. The molecule has 0 radical (unpaired) electrons. The highest BCUT2D eigenvalue weighted by Crippen LogP contribution is 2.20. The third-order valence-electron chi connectivity index (χ3n) is 2.36. The quantitative estimate of drug-likeness (QED) is 0.686. The molecule has 4 heteroatoms. The Bertz CT molecular complexity index is 251. The number of carbonyl (C=O) groups is 1. The van der Waals surface area contributed by atoms with Crippen LogP contribution in [0.3, 0.4) is 0 Å². The lowest BCUT2D eigenvalue weighted by molar-refractivity contribution is -0.157. The monoisotopic (exact) mass is 229 g/mol. The minimum atomic E-state index is -0.185. The molecule has 4 nitrogen and oxygen atoms in total. The van der Waals surface area contributed by atoms with E-state index in [2.05, 4.69) is 4.90 Å². The Morgan fingerprint density at radius 3 is 2.69 bits per heavy atom. The molecule has 1 unspecified atom stereocenters. The number of ether oxygens (including phenoxy) is 2. The Kier molecular flexibility index (Phi) is 4.33. The van der Waals surface area contributed by atoms with Gasteiger partial charge in [0.05, 0.1) is 24.4 Å². The summed E-state index contributed by atoms with van der Waals surface area (Å²) in [4.78, 5) is 13.6. The lowest BCUT2D eigenvalue weighted by atomic mass is 10.1. The second-order valence-corrected chi connectivity index (χ2v) is 5.40. The van der Waals surface area contributed by atoms with Crippen LogP contribution in [-0.2, 0) is 14.3 Å². The van der Waals surface area contributed by atoms with Crippen LogP contribution in [0.5, 0.6) is 0 Å². The summed E-state index contributed by atoms with van der Waals surface area (Å²) >= 11 is 0. The van der Waals surface area contributed by atoms with Gasteiger partial charge in [0, 0.05) is 13.1 Å². The first kappa shape index (κ1) is 13.5. The molecule has 94 valence electrons. The van der Waals surface area contributed by atoms with Gasteiger partial charge in [-0.25, -0.2) is 0 Å². The molecule has 1 aliphatic heterocycles. The highest BCUT2D eigenvalue weighted by Gasteiger charge is 2.32. The van der Waals surface area contributed by atoms with Crippen molar-refractivity contribution in [2.75, 3.05) is 19.6 Å². The SMILES string of the molecule is CC(C)OC(=O)CN1CC(C)OC(C)(C)C1. The molecule has 1 fully saturated rings. The Labute approximate surface area is 97.9 Å². The van der Waals surface area contributed by atoms with Gasteiger partial charge in [0.1, 0.15) is 0 Å². The Hall–Kier alpha value is -0.610. The first-order chi connectivity index (χ1) is 7.28. The third-order valence-corrected chi connectivity index (χ3v) is 2.36. The van der Waals surface area contributed by atoms with Crippen molar-refractivity contribution >= 4 is 5.97 Å². The van der Waals surface area contributed by atoms with E-state index in [0.29, 0.717) is 6.54 Å². The molecule has 0 spiro atoms. The van der Waals surface area contributed by atoms with Gasteiger partial charge in [-0.2, -0.15) is 0 Å². The van der Waals surface area contributed by atoms with E-state index in [4.69, 9.17) is 9.47 Å². The van der Waals surface area contributed by atoms with Crippen LogP contribution in [0.1, 0.15) is 34.6 Å². The van der Waals surface area contributed by atoms with Crippen LogP contribution in [0.2, 0.25) is 0 Å². The van der Waals surface area contributed by atoms with Crippen LogP contribution in [0.15, 0.2) is 0 Å². The van der Waals surface area contributed by atoms with Crippen LogP contribution >= 0.6 is 0 Å². The molecule has 1 rings (SSSR count). The summed E-state index contributed by atoms with van der Waals surface area (Å²) in [5.41, 5.74) is -0.185. The number of nitrogens with zero attached hydrogens (tertiary/aromatic N) is 1. The van der Waals surface area contributed by atoms with Crippen molar-refractivity contribution in [2.45, 2.75) is 52.4 Å². The average Bonchev–Trinajstić information content (AvgIpc) is 1.95. The van der Waals surface area contributed by atoms with Crippen molar-refractivity contribution in [1.29, 1.82) is 0 Å². The predicted molar refractivity (Wildman–Crippen MR) is 62.3 cm³/mol. The largest absolute Gasteiger partial charge is 0.462 e. The highest BCUT2D eigenvalue weighted by atomic mass is 16.5. The summed E-state index contributed by atoms with van der Waals surface area (Å²) in [6.07, 6.45) is 0.120. The molecule has 1 aliphatic rings. The minimum absolute atomic E-state index is 0.0426. The van der Waals surface area contributed by atoms with Crippen LogP contribution in [0, 0.1) is 0 Å². The maximum Gasteiger partial charge on any atom is 0.320 e. The molecule has 0 aliphatic carbocycles. The van der Waals surface area contributed by atoms with E-state index in [0.717, 1.165) is 13.1 Å². The zero-order valence-corrected chi connectivity index (χ0v) is 10.9. The topological polar surface area (TPSA) is 38.8 Å². The van der Waals surface area contributed by atoms with E-state index in [1.165, 1.54) is 0 Å². The number of hydrogen-bond donors (Lipinski definition) is 0. The summed E-state index contributed by atoms with van der Waals surface area (Å²) in [7, 11) is 0.